The van der Waals surface area contributed by atoms with Crippen molar-refractivity contribution < 1.29 is 4.79 Å². The molecule has 0 spiro atoms. The Kier molecular flexibility index (Phi) is 8.24. The van der Waals surface area contributed by atoms with E-state index in [-0.39, 0.29) is 36.6 Å². The van der Waals surface area contributed by atoms with Crippen LogP contribution in [-0.2, 0) is 17.8 Å². The standard InChI is InChI=1S/C15H24N4OS.2ClH/c1-2-19-7-6-12-13(9-19)21-15(17-12)18-14(20)11-5-3-4-10(11)8-16;;/h10-11H,2-9,16H2,1H3,(H,17,18,20);2*1H/t10-,11-;;/m1../s1. The highest BCUT2D eigenvalue weighted by Crippen LogP contribution is 2.33. The summed E-state index contributed by atoms with van der Waals surface area (Å²) in [6.07, 6.45) is 4.14. The van der Waals surface area contributed by atoms with Crippen molar-refractivity contribution in [3.63, 3.8) is 0 Å². The van der Waals surface area contributed by atoms with Gasteiger partial charge in [0.1, 0.15) is 0 Å². The van der Waals surface area contributed by atoms with Crippen molar-refractivity contribution in [3.8, 4) is 0 Å². The van der Waals surface area contributed by atoms with Gasteiger partial charge in [0.15, 0.2) is 5.13 Å². The number of hydrogen-bond acceptors (Lipinski definition) is 5. The summed E-state index contributed by atoms with van der Waals surface area (Å²) in [5.41, 5.74) is 6.94. The summed E-state index contributed by atoms with van der Waals surface area (Å²) < 4.78 is 0. The summed E-state index contributed by atoms with van der Waals surface area (Å²) in [6.45, 7) is 5.89. The summed E-state index contributed by atoms with van der Waals surface area (Å²) in [5.74, 6) is 0.527. The number of carbonyl (C=O) groups excluding carboxylic acids is 1. The number of likely N-dealkylation sites (N-methyl/N-ethyl adjacent to an activating group) is 1. The van der Waals surface area contributed by atoms with Crippen molar-refractivity contribution in [1.82, 2.24) is 9.88 Å². The third-order valence-corrected chi connectivity index (χ3v) is 5.78. The fourth-order valence-corrected chi connectivity index (χ4v) is 4.49. The van der Waals surface area contributed by atoms with Gasteiger partial charge < -0.3 is 11.1 Å². The average Bonchev–Trinajstić information content (AvgIpc) is 3.11. The van der Waals surface area contributed by atoms with E-state index in [2.05, 4.69) is 22.1 Å². The van der Waals surface area contributed by atoms with E-state index in [1.165, 1.54) is 10.6 Å². The lowest BCUT2D eigenvalue weighted by molar-refractivity contribution is -0.120. The van der Waals surface area contributed by atoms with Crippen LogP contribution in [-0.4, -0.2) is 35.4 Å². The first kappa shape index (κ1) is 20.6. The molecule has 3 N–H and O–H groups in total. The molecule has 1 saturated carbocycles. The molecule has 0 saturated heterocycles. The number of halogens is 2. The zero-order valence-electron chi connectivity index (χ0n) is 13.4. The SMILES string of the molecule is CCN1CCc2nc(NC(=O)[C@@H]3CCC[C@@H]3CN)sc2C1.Cl.Cl. The van der Waals surface area contributed by atoms with Crippen LogP contribution in [0, 0.1) is 11.8 Å². The molecule has 0 unspecified atom stereocenters. The van der Waals surface area contributed by atoms with E-state index in [0.29, 0.717) is 12.5 Å². The number of carbonyl (C=O) groups is 1. The minimum absolute atomic E-state index is 0. The molecule has 1 amide bonds. The number of fused-ring (bicyclic) bond motifs is 1. The highest BCUT2D eigenvalue weighted by atomic mass is 35.5. The van der Waals surface area contributed by atoms with E-state index in [1.807, 2.05) is 0 Å². The van der Waals surface area contributed by atoms with Gasteiger partial charge in [0.05, 0.1) is 5.69 Å². The van der Waals surface area contributed by atoms with Gasteiger partial charge in [0, 0.05) is 30.3 Å². The Labute approximate surface area is 154 Å². The number of aromatic nitrogens is 1. The first-order chi connectivity index (χ1) is 10.2. The predicted octanol–water partition coefficient (Wildman–Crippen LogP) is 2.68. The van der Waals surface area contributed by atoms with Gasteiger partial charge in [0.25, 0.3) is 0 Å². The molecule has 0 radical (unpaired) electrons. The molecule has 1 fully saturated rings. The zero-order valence-corrected chi connectivity index (χ0v) is 15.9. The van der Waals surface area contributed by atoms with Crippen LogP contribution >= 0.6 is 36.2 Å². The maximum Gasteiger partial charge on any atom is 0.229 e. The zero-order chi connectivity index (χ0) is 14.8. The minimum Gasteiger partial charge on any atom is -0.330 e. The molecular formula is C15H26Cl2N4OS. The summed E-state index contributed by atoms with van der Waals surface area (Å²) in [5, 5.41) is 3.80. The second-order valence-corrected chi connectivity index (χ2v) is 7.11. The Morgan fingerprint density at radius 3 is 2.91 bits per heavy atom. The second kappa shape index (κ2) is 9.18. The van der Waals surface area contributed by atoms with Crippen LogP contribution in [0.4, 0.5) is 5.13 Å². The Hall–Kier alpha value is -0.400. The highest BCUT2D eigenvalue weighted by Gasteiger charge is 2.32. The molecule has 8 heteroatoms. The van der Waals surface area contributed by atoms with Gasteiger partial charge in [0.2, 0.25) is 5.91 Å². The third-order valence-electron chi connectivity index (χ3n) is 4.79. The number of anilines is 1. The molecule has 0 bridgehead atoms. The van der Waals surface area contributed by atoms with Gasteiger partial charge >= 0.3 is 0 Å². The molecule has 1 aromatic rings. The summed E-state index contributed by atoms with van der Waals surface area (Å²) >= 11 is 1.63. The smallest absolute Gasteiger partial charge is 0.229 e. The van der Waals surface area contributed by atoms with Crippen LogP contribution in [0.15, 0.2) is 0 Å². The molecule has 2 aliphatic rings. The van der Waals surface area contributed by atoms with Crippen LogP contribution in [0.2, 0.25) is 0 Å². The second-order valence-electron chi connectivity index (χ2n) is 6.03. The number of nitrogens with one attached hydrogen (secondary N) is 1. The number of thiazole rings is 1. The number of nitrogens with zero attached hydrogens (tertiary/aromatic N) is 2. The van der Waals surface area contributed by atoms with E-state index < -0.39 is 0 Å². The van der Waals surface area contributed by atoms with Gasteiger partial charge in [-0.05, 0) is 31.8 Å². The minimum atomic E-state index is 0. The summed E-state index contributed by atoms with van der Waals surface area (Å²) in [7, 11) is 0. The lowest BCUT2D eigenvalue weighted by atomic mass is 9.95. The van der Waals surface area contributed by atoms with Crippen LogP contribution in [0.5, 0.6) is 0 Å². The molecule has 23 heavy (non-hydrogen) atoms. The quantitative estimate of drug-likeness (QED) is 0.841. The Balaban J connectivity index is 0.00000132. The Morgan fingerprint density at radius 2 is 2.22 bits per heavy atom. The lowest BCUT2D eigenvalue weighted by Gasteiger charge is -2.23. The van der Waals surface area contributed by atoms with Crippen LogP contribution in [0.25, 0.3) is 0 Å². The van der Waals surface area contributed by atoms with E-state index >= 15 is 0 Å². The van der Waals surface area contributed by atoms with E-state index in [1.54, 1.807) is 11.3 Å². The lowest BCUT2D eigenvalue weighted by Crippen LogP contribution is -2.29. The molecule has 0 aromatic carbocycles. The van der Waals surface area contributed by atoms with Crippen molar-refractivity contribution in [2.45, 2.75) is 39.2 Å². The number of hydrogen-bond donors (Lipinski definition) is 2. The molecular weight excluding hydrogens is 355 g/mol. The predicted molar refractivity (Wildman–Crippen MR) is 99.8 cm³/mol. The molecule has 1 aliphatic heterocycles. The van der Waals surface area contributed by atoms with E-state index in [9.17, 15) is 4.79 Å². The molecule has 1 aliphatic carbocycles. The van der Waals surface area contributed by atoms with Gasteiger partial charge in [-0.2, -0.15) is 0 Å². The molecule has 1 aromatic heterocycles. The summed E-state index contributed by atoms with van der Waals surface area (Å²) in [4.78, 5) is 20.7. The third kappa shape index (κ3) is 4.57. The van der Waals surface area contributed by atoms with E-state index in [4.69, 9.17) is 5.73 Å². The fraction of sp³-hybridized carbons (Fsp3) is 0.733. The highest BCUT2D eigenvalue weighted by molar-refractivity contribution is 7.15. The van der Waals surface area contributed by atoms with Gasteiger partial charge in [-0.15, -0.1) is 36.2 Å². The summed E-state index contributed by atoms with van der Waals surface area (Å²) in [6, 6.07) is 0. The molecule has 132 valence electrons. The Bertz CT molecular complexity index is 526. The normalized spacial score (nSPS) is 23.6. The monoisotopic (exact) mass is 380 g/mol. The van der Waals surface area contributed by atoms with Gasteiger partial charge in [-0.25, -0.2) is 4.98 Å². The molecule has 5 nitrogen and oxygen atoms in total. The number of amides is 1. The maximum absolute atomic E-state index is 12.4. The van der Waals surface area contributed by atoms with Gasteiger partial charge in [-0.3, -0.25) is 9.69 Å². The van der Waals surface area contributed by atoms with Crippen LogP contribution in [0.3, 0.4) is 0 Å². The largest absolute Gasteiger partial charge is 0.330 e. The Morgan fingerprint density at radius 1 is 1.43 bits per heavy atom. The van der Waals surface area contributed by atoms with Crippen molar-refractivity contribution in [2.75, 3.05) is 25.0 Å². The first-order valence-electron chi connectivity index (χ1n) is 7.93. The van der Waals surface area contributed by atoms with Crippen molar-refractivity contribution >= 4 is 47.2 Å². The van der Waals surface area contributed by atoms with Crippen molar-refractivity contribution in [3.05, 3.63) is 10.6 Å². The number of rotatable bonds is 4. The van der Waals surface area contributed by atoms with Crippen molar-refractivity contribution in [2.24, 2.45) is 17.6 Å². The molecule has 2 atom stereocenters. The number of nitrogens with two attached hydrogens (primary N) is 1. The average molecular weight is 381 g/mol. The topological polar surface area (TPSA) is 71.2 Å². The van der Waals surface area contributed by atoms with Crippen LogP contribution in [0.1, 0.15) is 36.8 Å². The first-order valence-corrected chi connectivity index (χ1v) is 8.74. The molecule has 3 rings (SSSR count). The van der Waals surface area contributed by atoms with Crippen molar-refractivity contribution in [1.29, 1.82) is 0 Å². The molecule has 2 heterocycles. The van der Waals surface area contributed by atoms with Gasteiger partial charge in [-0.1, -0.05) is 13.3 Å². The fourth-order valence-electron chi connectivity index (χ4n) is 3.43. The van der Waals surface area contributed by atoms with Crippen LogP contribution < -0.4 is 11.1 Å². The maximum atomic E-state index is 12.4. The van der Waals surface area contributed by atoms with E-state index in [0.717, 1.165) is 50.4 Å².